The van der Waals surface area contributed by atoms with E-state index in [1.807, 2.05) is 36.6 Å². The molecule has 6 heteroatoms. The van der Waals surface area contributed by atoms with Crippen molar-refractivity contribution in [1.82, 2.24) is 9.80 Å². The summed E-state index contributed by atoms with van der Waals surface area (Å²) in [5, 5.41) is 1.81. The minimum atomic E-state index is -0.386. The molecule has 0 unspecified atom stereocenters. The predicted molar refractivity (Wildman–Crippen MR) is 104 cm³/mol. The van der Waals surface area contributed by atoms with Crippen molar-refractivity contribution >= 4 is 40.0 Å². The Morgan fingerprint density at radius 1 is 1.28 bits per heavy atom. The summed E-state index contributed by atoms with van der Waals surface area (Å²) in [6.45, 7) is 1.13. The van der Waals surface area contributed by atoms with Gasteiger partial charge >= 0.3 is 0 Å². The first-order chi connectivity index (χ1) is 12.0. The molecule has 1 atom stereocenters. The van der Waals surface area contributed by atoms with E-state index in [4.69, 9.17) is 5.73 Å². The van der Waals surface area contributed by atoms with Gasteiger partial charge in [-0.25, -0.2) is 0 Å². The molecule has 0 aliphatic carbocycles. The standard InChI is InChI=1S/C19H23N3O2S/c1-21-9-10-22(17(19(21)24)8-11-25-2)18(23)16-5-3-4-13-12-14(20)6-7-15(13)16/h3-7,12,17H,8-11,20H2,1-2H3/t17-/m0/s1. The van der Waals surface area contributed by atoms with Crippen LogP contribution in [0.3, 0.4) is 0 Å². The number of nitrogens with zero attached hydrogens (tertiary/aromatic N) is 2. The van der Waals surface area contributed by atoms with Crippen LogP contribution in [0, 0.1) is 0 Å². The minimum absolute atomic E-state index is 0.0260. The highest BCUT2D eigenvalue weighted by Crippen LogP contribution is 2.25. The van der Waals surface area contributed by atoms with Crippen molar-refractivity contribution in [3.8, 4) is 0 Å². The second kappa shape index (κ2) is 7.35. The lowest BCUT2D eigenvalue weighted by molar-refractivity contribution is -0.138. The molecule has 0 radical (unpaired) electrons. The predicted octanol–water partition coefficient (Wildman–Crippen LogP) is 2.46. The summed E-state index contributed by atoms with van der Waals surface area (Å²) in [4.78, 5) is 29.3. The highest BCUT2D eigenvalue weighted by Gasteiger charge is 2.36. The fraction of sp³-hybridized carbons (Fsp3) is 0.368. The maximum atomic E-state index is 13.2. The molecule has 1 aliphatic rings. The zero-order valence-corrected chi connectivity index (χ0v) is 15.4. The summed E-state index contributed by atoms with van der Waals surface area (Å²) < 4.78 is 0. The van der Waals surface area contributed by atoms with E-state index in [1.165, 1.54) is 0 Å². The number of thioether (sulfide) groups is 1. The normalized spacial score (nSPS) is 18.0. The monoisotopic (exact) mass is 357 g/mol. The molecule has 0 aromatic heterocycles. The Bertz CT molecular complexity index is 808. The van der Waals surface area contributed by atoms with Crippen molar-refractivity contribution in [1.29, 1.82) is 0 Å². The summed E-state index contributed by atoms with van der Waals surface area (Å²) in [5.41, 5.74) is 7.16. The van der Waals surface area contributed by atoms with E-state index in [9.17, 15) is 9.59 Å². The first kappa shape index (κ1) is 17.6. The van der Waals surface area contributed by atoms with Gasteiger partial charge in [0.1, 0.15) is 6.04 Å². The zero-order chi connectivity index (χ0) is 18.0. The molecule has 2 aromatic rings. The molecule has 1 saturated heterocycles. The first-order valence-corrected chi connectivity index (χ1v) is 9.75. The fourth-order valence-corrected chi connectivity index (χ4v) is 3.77. The van der Waals surface area contributed by atoms with Crippen molar-refractivity contribution in [3.05, 3.63) is 42.0 Å². The van der Waals surface area contributed by atoms with Gasteiger partial charge in [0.2, 0.25) is 5.91 Å². The quantitative estimate of drug-likeness (QED) is 0.854. The number of amides is 2. The molecule has 25 heavy (non-hydrogen) atoms. The molecule has 0 spiro atoms. The Labute approximate surface area is 152 Å². The van der Waals surface area contributed by atoms with Gasteiger partial charge in [0, 0.05) is 31.4 Å². The SMILES string of the molecule is CSCC[C@H]1C(=O)N(C)CCN1C(=O)c1cccc2cc(N)ccc12. The zero-order valence-electron chi connectivity index (χ0n) is 14.6. The molecule has 2 amide bonds. The minimum Gasteiger partial charge on any atom is -0.399 e. The van der Waals surface area contributed by atoms with Crippen LogP contribution in [0.25, 0.3) is 10.8 Å². The highest BCUT2D eigenvalue weighted by molar-refractivity contribution is 7.98. The Morgan fingerprint density at radius 2 is 2.08 bits per heavy atom. The number of rotatable bonds is 4. The lowest BCUT2D eigenvalue weighted by Crippen LogP contribution is -2.57. The Kier molecular flexibility index (Phi) is 5.18. The molecule has 1 fully saturated rings. The number of nitrogen functional groups attached to an aromatic ring is 1. The third-order valence-electron chi connectivity index (χ3n) is 4.70. The maximum absolute atomic E-state index is 13.2. The summed E-state index contributed by atoms with van der Waals surface area (Å²) in [5.74, 6) is 0.793. The van der Waals surface area contributed by atoms with E-state index in [2.05, 4.69) is 0 Å². The van der Waals surface area contributed by atoms with Gasteiger partial charge in [0.25, 0.3) is 5.91 Å². The van der Waals surface area contributed by atoms with E-state index in [-0.39, 0.29) is 17.9 Å². The lowest BCUT2D eigenvalue weighted by Gasteiger charge is -2.39. The summed E-state index contributed by atoms with van der Waals surface area (Å²) >= 11 is 1.69. The molecule has 3 rings (SSSR count). The molecular formula is C19H23N3O2S. The van der Waals surface area contributed by atoms with Crippen LogP contribution in [-0.4, -0.2) is 59.8 Å². The van der Waals surface area contributed by atoms with E-state index in [0.717, 1.165) is 16.5 Å². The number of piperazine rings is 1. The Balaban J connectivity index is 1.97. The number of nitrogens with two attached hydrogens (primary N) is 1. The number of benzene rings is 2. The number of carbonyl (C=O) groups excluding carboxylic acids is 2. The first-order valence-electron chi connectivity index (χ1n) is 8.36. The molecule has 0 bridgehead atoms. The summed E-state index contributed by atoms with van der Waals surface area (Å²) in [6, 6.07) is 10.8. The third-order valence-corrected chi connectivity index (χ3v) is 5.35. The summed E-state index contributed by atoms with van der Waals surface area (Å²) in [6.07, 6.45) is 2.69. The average Bonchev–Trinajstić information content (AvgIpc) is 2.61. The number of likely N-dealkylation sites (N-methyl/N-ethyl adjacent to an activating group) is 1. The number of carbonyl (C=O) groups is 2. The summed E-state index contributed by atoms with van der Waals surface area (Å²) in [7, 11) is 1.80. The Hall–Kier alpha value is -2.21. The molecule has 2 N–H and O–H groups in total. The van der Waals surface area contributed by atoms with Gasteiger partial charge < -0.3 is 15.5 Å². The van der Waals surface area contributed by atoms with E-state index < -0.39 is 0 Å². The van der Waals surface area contributed by atoms with Crippen LogP contribution in [0.5, 0.6) is 0 Å². The van der Waals surface area contributed by atoms with E-state index >= 15 is 0 Å². The van der Waals surface area contributed by atoms with Gasteiger partial charge in [0.05, 0.1) is 0 Å². The molecule has 1 heterocycles. The van der Waals surface area contributed by atoms with Crippen LogP contribution in [0.1, 0.15) is 16.8 Å². The van der Waals surface area contributed by atoms with Gasteiger partial charge in [0.15, 0.2) is 0 Å². The topological polar surface area (TPSA) is 66.6 Å². The van der Waals surface area contributed by atoms with Crippen LogP contribution in [-0.2, 0) is 4.79 Å². The van der Waals surface area contributed by atoms with Gasteiger partial charge in [-0.3, -0.25) is 9.59 Å². The molecule has 5 nitrogen and oxygen atoms in total. The lowest BCUT2D eigenvalue weighted by atomic mass is 10.0. The van der Waals surface area contributed by atoms with Gasteiger partial charge in [-0.15, -0.1) is 0 Å². The molecule has 132 valence electrons. The third kappa shape index (κ3) is 3.44. The average molecular weight is 357 g/mol. The number of anilines is 1. The van der Waals surface area contributed by atoms with E-state index in [0.29, 0.717) is 30.8 Å². The number of hydrogen-bond donors (Lipinski definition) is 1. The highest BCUT2D eigenvalue weighted by atomic mass is 32.2. The molecule has 2 aromatic carbocycles. The second-order valence-electron chi connectivity index (χ2n) is 6.34. The van der Waals surface area contributed by atoms with Gasteiger partial charge in [-0.2, -0.15) is 11.8 Å². The van der Waals surface area contributed by atoms with Crippen LogP contribution >= 0.6 is 11.8 Å². The van der Waals surface area contributed by atoms with Crippen LogP contribution < -0.4 is 5.73 Å². The van der Waals surface area contributed by atoms with Crippen molar-refractivity contribution in [2.24, 2.45) is 0 Å². The van der Waals surface area contributed by atoms with Crippen molar-refractivity contribution < 1.29 is 9.59 Å². The second-order valence-corrected chi connectivity index (χ2v) is 7.33. The van der Waals surface area contributed by atoms with Crippen molar-refractivity contribution in [2.75, 3.05) is 37.9 Å². The van der Waals surface area contributed by atoms with Gasteiger partial charge in [-0.1, -0.05) is 18.2 Å². The van der Waals surface area contributed by atoms with Crippen molar-refractivity contribution in [3.63, 3.8) is 0 Å². The number of fused-ring (bicyclic) bond motifs is 1. The molecular weight excluding hydrogens is 334 g/mol. The molecule has 1 aliphatic heterocycles. The largest absolute Gasteiger partial charge is 0.399 e. The fourth-order valence-electron chi connectivity index (χ4n) is 3.31. The van der Waals surface area contributed by atoms with Crippen LogP contribution in [0.15, 0.2) is 36.4 Å². The van der Waals surface area contributed by atoms with Crippen LogP contribution in [0.2, 0.25) is 0 Å². The number of hydrogen-bond acceptors (Lipinski definition) is 4. The van der Waals surface area contributed by atoms with Gasteiger partial charge in [-0.05, 0) is 47.4 Å². The van der Waals surface area contributed by atoms with E-state index in [1.54, 1.807) is 34.7 Å². The Morgan fingerprint density at radius 3 is 2.84 bits per heavy atom. The van der Waals surface area contributed by atoms with Crippen molar-refractivity contribution in [2.45, 2.75) is 12.5 Å². The maximum Gasteiger partial charge on any atom is 0.255 e. The van der Waals surface area contributed by atoms with Crippen LogP contribution in [0.4, 0.5) is 5.69 Å². The smallest absolute Gasteiger partial charge is 0.255 e. The molecule has 0 saturated carbocycles.